The molecule has 0 aromatic rings. The minimum absolute atomic E-state index is 0.0278. The molecule has 1 rings (SSSR count). The third-order valence-corrected chi connectivity index (χ3v) is 3.03. The van der Waals surface area contributed by atoms with Crippen LogP contribution >= 0.6 is 0 Å². The van der Waals surface area contributed by atoms with Crippen LogP contribution in [0.2, 0.25) is 0 Å². The molecular formula is C10H20N2O. The lowest BCUT2D eigenvalue weighted by molar-refractivity contribution is -0.121. The van der Waals surface area contributed by atoms with Gasteiger partial charge in [0, 0.05) is 6.04 Å². The van der Waals surface area contributed by atoms with Gasteiger partial charge >= 0.3 is 0 Å². The lowest BCUT2D eigenvalue weighted by Gasteiger charge is -2.38. The first-order valence-electron chi connectivity index (χ1n) is 5.06. The second-order valence-electron chi connectivity index (χ2n) is 4.56. The van der Waals surface area contributed by atoms with Crippen molar-refractivity contribution in [2.24, 2.45) is 11.1 Å². The molecule has 76 valence electrons. The molecule has 3 heteroatoms. The fourth-order valence-corrected chi connectivity index (χ4v) is 2.01. The molecule has 1 aliphatic rings. The van der Waals surface area contributed by atoms with Crippen molar-refractivity contribution in [3.63, 3.8) is 0 Å². The summed E-state index contributed by atoms with van der Waals surface area (Å²) in [6.45, 7) is 4.54. The second-order valence-corrected chi connectivity index (χ2v) is 4.56. The van der Waals surface area contributed by atoms with Crippen LogP contribution in [0.15, 0.2) is 0 Å². The maximum atomic E-state index is 11.1. The van der Waals surface area contributed by atoms with Gasteiger partial charge in [-0.3, -0.25) is 4.79 Å². The largest absolute Gasteiger partial charge is 0.352 e. The maximum absolute atomic E-state index is 11.1. The van der Waals surface area contributed by atoms with Crippen LogP contribution in [0.5, 0.6) is 0 Å². The zero-order valence-corrected chi connectivity index (χ0v) is 8.60. The van der Waals surface area contributed by atoms with Gasteiger partial charge in [-0.1, -0.05) is 26.7 Å². The Morgan fingerprint density at radius 3 is 2.77 bits per heavy atom. The quantitative estimate of drug-likeness (QED) is 0.673. The Kier molecular flexibility index (Phi) is 3.31. The molecular weight excluding hydrogens is 164 g/mol. The van der Waals surface area contributed by atoms with Crippen molar-refractivity contribution < 1.29 is 4.79 Å². The zero-order chi connectivity index (χ0) is 9.90. The predicted molar refractivity (Wildman–Crippen MR) is 53.2 cm³/mol. The second kappa shape index (κ2) is 4.09. The average Bonchev–Trinajstić information content (AvgIpc) is 2.08. The van der Waals surface area contributed by atoms with Crippen LogP contribution in [-0.4, -0.2) is 18.5 Å². The first kappa shape index (κ1) is 10.5. The molecule has 0 bridgehead atoms. The number of carbonyl (C=O) groups excluding carboxylic acids is 1. The summed E-state index contributed by atoms with van der Waals surface area (Å²) in [6, 6.07) is 0.317. The van der Waals surface area contributed by atoms with Gasteiger partial charge in [0.25, 0.3) is 0 Å². The Hall–Kier alpha value is -0.570. The Labute approximate surface area is 80.1 Å². The van der Waals surface area contributed by atoms with E-state index in [1.165, 1.54) is 19.3 Å². The van der Waals surface area contributed by atoms with E-state index in [0.29, 0.717) is 6.04 Å². The molecule has 0 radical (unpaired) electrons. The Balaban J connectivity index is 2.51. The topological polar surface area (TPSA) is 55.1 Å². The molecule has 13 heavy (non-hydrogen) atoms. The standard InChI is InChI=1S/C10H20N2O/c1-10(2)6-4-3-5-8(10)12-9(13)7-11/h8H,3-7,11H2,1-2H3,(H,12,13). The van der Waals surface area contributed by atoms with Crippen molar-refractivity contribution in [3.8, 4) is 0 Å². The lowest BCUT2D eigenvalue weighted by atomic mass is 9.73. The fourth-order valence-electron chi connectivity index (χ4n) is 2.01. The average molecular weight is 184 g/mol. The van der Waals surface area contributed by atoms with Crippen molar-refractivity contribution in [3.05, 3.63) is 0 Å². The molecule has 1 fully saturated rings. The van der Waals surface area contributed by atoms with Gasteiger partial charge < -0.3 is 11.1 Å². The first-order valence-corrected chi connectivity index (χ1v) is 5.06. The van der Waals surface area contributed by atoms with E-state index in [-0.39, 0.29) is 17.9 Å². The summed E-state index contributed by atoms with van der Waals surface area (Å²) in [7, 11) is 0. The van der Waals surface area contributed by atoms with Gasteiger partial charge in [0.05, 0.1) is 6.54 Å². The smallest absolute Gasteiger partial charge is 0.233 e. The SMILES string of the molecule is CC1(C)CCCCC1NC(=O)CN. The predicted octanol–water partition coefficient (Wildman–Crippen LogP) is 1.03. The Morgan fingerprint density at radius 1 is 1.54 bits per heavy atom. The summed E-state index contributed by atoms with van der Waals surface area (Å²) in [4.78, 5) is 11.1. The van der Waals surface area contributed by atoms with Crippen molar-refractivity contribution >= 4 is 5.91 Å². The van der Waals surface area contributed by atoms with Crippen molar-refractivity contribution in [1.82, 2.24) is 5.32 Å². The van der Waals surface area contributed by atoms with Crippen LogP contribution < -0.4 is 11.1 Å². The minimum Gasteiger partial charge on any atom is -0.352 e. The van der Waals surface area contributed by atoms with E-state index in [1.807, 2.05) is 0 Å². The highest BCUT2D eigenvalue weighted by Gasteiger charge is 2.32. The molecule has 0 aromatic carbocycles. The minimum atomic E-state index is -0.0278. The van der Waals surface area contributed by atoms with Crippen molar-refractivity contribution in [1.29, 1.82) is 0 Å². The van der Waals surface area contributed by atoms with Gasteiger partial charge in [-0.15, -0.1) is 0 Å². The molecule has 0 spiro atoms. The van der Waals surface area contributed by atoms with Crippen LogP contribution in [0, 0.1) is 5.41 Å². The molecule has 1 unspecified atom stereocenters. The van der Waals surface area contributed by atoms with Crippen LogP contribution in [0.25, 0.3) is 0 Å². The molecule has 0 heterocycles. The highest BCUT2D eigenvalue weighted by atomic mass is 16.1. The van der Waals surface area contributed by atoms with E-state index in [0.717, 1.165) is 6.42 Å². The van der Waals surface area contributed by atoms with E-state index in [2.05, 4.69) is 19.2 Å². The van der Waals surface area contributed by atoms with Gasteiger partial charge in [0.1, 0.15) is 0 Å². The van der Waals surface area contributed by atoms with Crippen LogP contribution in [0.1, 0.15) is 39.5 Å². The summed E-state index contributed by atoms with van der Waals surface area (Å²) < 4.78 is 0. The summed E-state index contributed by atoms with van der Waals surface area (Å²) in [5, 5.41) is 2.99. The molecule has 1 aliphatic carbocycles. The van der Waals surface area contributed by atoms with Gasteiger partial charge in [-0.05, 0) is 18.3 Å². The fraction of sp³-hybridized carbons (Fsp3) is 0.900. The summed E-state index contributed by atoms with van der Waals surface area (Å²) in [5.41, 5.74) is 5.50. The molecule has 0 saturated heterocycles. The molecule has 0 aromatic heterocycles. The van der Waals surface area contributed by atoms with Crippen LogP contribution in [0.4, 0.5) is 0 Å². The number of hydrogen-bond donors (Lipinski definition) is 2. The number of hydrogen-bond acceptors (Lipinski definition) is 2. The molecule has 3 nitrogen and oxygen atoms in total. The highest BCUT2D eigenvalue weighted by molar-refractivity contribution is 5.78. The molecule has 1 saturated carbocycles. The lowest BCUT2D eigenvalue weighted by Crippen LogP contribution is -2.48. The number of carbonyl (C=O) groups is 1. The van der Waals surface area contributed by atoms with Gasteiger partial charge in [0.15, 0.2) is 0 Å². The monoisotopic (exact) mass is 184 g/mol. The van der Waals surface area contributed by atoms with E-state index >= 15 is 0 Å². The van der Waals surface area contributed by atoms with Gasteiger partial charge in [-0.25, -0.2) is 0 Å². The van der Waals surface area contributed by atoms with Gasteiger partial charge in [0.2, 0.25) is 5.91 Å². The van der Waals surface area contributed by atoms with Crippen molar-refractivity contribution in [2.75, 3.05) is 6.54 Å². The Morgan fingerprint density at radius 2 is 2.23 bits per heavy atom. The first-order chi connectivity index (χ1) is 6.06. The Bertz CT molecular complexity index is 189. The van der Waals surface area contributed by atoms with E-state index in [9.17, 15) is 4.79 Å². The zero-order valence-electron chi connectivity index (χ0n) is 8.60. The number of nitrogens with one attached hydrogen (secondary N) is 1. The van der Waals surface area contributed by atoms with Crippen LogP contribution in [-0.2, 0) is 4.79 Å². The van der Waals surface area contributed by atoms with E-state index < -0.39 is 0 Å². The summed E-state index contributed by atoms with van der Waals surface area (Å²) >= 11 is 0. The number of nitrogens with two attached hydrogens (primary N) is 1. The molecule has 1 atom stereocenters. The highest BCUT2D eigenvalue weighted by Crippen LogP contribution is 2.35. The van der Waals surface area contributed by atoms with E-state index in [4.69, 9.17) is 5.73 Å². The third-order valence-electron chi connectivity index (χ3n) is 3.03. The van der Waals surface area contributed by atoms with E-state index in [1.54, 1.807) is 0 Å². The number of rotatable bonds is 2. The number of amides is 1. The third kappa shape index (κ3) is 2.69. The summed E-state index contributed by atoms with van der Waals surface area (Å²) in [6.07, 6.45) is 4.79. The molecule has 1 amide bonds. The summed E-state index contributed by atoms with van der Waals surface area (Å²) in [5.74, 6) is -0.0278. The van der Waals surface area contributed by atoms with Crippen molar-refractivity contribution in [2.45, 2.75) is 45.6 Å². The normalized spacial score (nSPS) is 26.8. The van der Waals surface area contributed by atoms with Crippen LogP contribution in [0.3, 0.4) is 0 Å². The molecule has 0 aliphatic heterocycles. The molecule has 3 N–H and O–H groups in total. The maximum Gasteiger partial charge on any atom is 0.233 e. The van der Waals surface area contributed by atoms with Gasteiger partial charge in [-0.2, -0.15) is 0 Å².